The van der Waals surface area contributed by atoms with Gasteiger partial charge in [0.2, 0.25) is 0 Å². The van der Waals surface area contributed by atoms with Gasteiger partial charge in [-0.05, 0) is 44.4 Å². The van der Waals surface area contributed by atoms with Gasteiger partial charge in [-0.25, -0.2) is 9.48 Å². The number of aryl methyl sites for hydroxylation is 1. The molecular weight excluding hydrogens is 312 g/mol. The molecule has 1 heterocycles. The predicted octanol–water partition coefficient (Wildman–Crippen LogP) is 4.22. The smallest absolute Gasteiger partial charge is 0.341 e. The van der Waals surface area contributed by atoms with Crippen LogP contribution in [0.15, 0.2) is 66.9 Å². The van der Waals surface area contributed by atoms with Crippen molar-refractivity contribution in [2.24, 2.45) is 0 Å². The van der Waals surface area contributed by atoms with Gasteiger partial charge in [0.05, 0.1) is 23.7 Å². The summed E-state index contributed by atoms with van der Waals surface area (Å²) in [5, 5.41) is 4.44. The molecule has 0 aliphatic carbocycles. The second-order valence-corrected chi connectivity index (χ2v) is 6.19. The van der Waals surface area contributed by atoms with E-state index in [1.165, 1.54) is 5.56 Å². The van der Waals surface area contributed by atoms with Crippen molar-refractivity contribution in [2.45, 2.75) is 32.8 Å². The molecule has 25 heavy (non-hydrogen) atoms. The molecule has 0 saturated carbocycles. The Labute approximate surface area is 148 Å². The van der Waals surface area contributed by atoms with E-state index in [0.717, 1.165) is 17.8 Å². The van der Waals surface area contributed by atoms with E-state index in [0.29, 0.717) is 12.0 Å². The molecule has 3 rings (SSSR count). The molecule has 0 saturated heterocycles. The third-order valence-corrected chi connectivity index (χ3v) is 3.93. The van der Waals surface area contributed by atoms with Crippen LogP contribution in [0.3, 0.4) is 0 Å². The van der Waals surface area contributed by atoms with Crippen molar-refractivity contribution in [1.29, 1.82) is 0 Å². The Hall–Kier alpha value is -2.88. The lowest BCUT2D eigenvalue weighted by Gasteiger charge is -2.11. The van der Waals surface area contributed by atoms with Gasteiger partial charge in [-0.3, -0.25) is 0 Å². The lowest BCUT2D eigenvalue weighted by molar-refractivity contribution is 0.0376. The summed E-state index contributed by atoms with van der Waals surface area (Å²) in [4.78, 5) is 12.5. The maximum atomic E-state index is 12.5. The molecule has 0 bridgehead atoms. The zero-order valence-corrected chi connectivity index (χ0v) is 14.6. The number of benzene rings is 2. The minimum atomic E-state index is -0.319. The first-order valence-electron chi connectivity index (χ1n) is 8.52. The summed E-state index contributed by atoms with van der Waals surface area (Å²) in [6, 6.07) is 20.1. The van der Waals surface area contributed by atoms with E-state index in [2.05, 4.69) is 17.2 Å². The highest BCUT2D eigenvalue weighted by atomic mass is 16.5. The van der Waals surface area contributed by atoms with E-state index in [1.54, 1.807) is 6.20 Å². The zero-order valence-electron chi connectivity index (χ0n) is 14.6. The summed E-state index contributed by atoms with van der Waals surface area (Å²) in [7, 11) is 0. The van der Waals surface area contributed by atoms with Gasteiger partial charge < -0.3 is 4.74 Å². The molecule has 4 heteroatoms. The Bertz CT molecular complexity index is 824. The quantitative estimate of drug-likeness (QED) is 0.634. The van der Waals surface area contributed by atoms with E-state index in [9.17, 15) is 4.79 Å². The fraction of sp³-hybridized carbons (Fsp3) is 0.238. The highest BCUT2D eigenvalue weighted by Gasteiger charge is 2.20. The average Bonchev–Trinajstić information content (AvgIpc) is 3.05. The first-order valence-corrected chi connectivity index (χ1v) is 8.52. The maximum absolute atomic E-state index is 12.5. The van der Waals surface area contributed by atoms with Crippen molar-refractivity contribution in [3.63, 3.8) is 0 Å². The number of hydrogen-bond acceptors (Lipinski definition) is 3. The van der Waals surface area contributed by atoms with Crippen molar-refractivity contribution in [3.05, 3.63) is 83.7 Å². The number of nitrogens with zero attached hydrogens (tertiary/aromatic N) is 2. The molecule has 0 spiro atoms. The van der Waals surface area contributed by atoms with Gasteiger partial charge in [0.1, 0.15) is 5.56 Å². The minimum absolute atomic E-state index is 0.158. The van der Waals surface area contributed by atoms with Crippen molar-refractivity contribution < 1.29 is 9.53 Å². The summed E-state index contributed by atoms with van der Waals surface area (Å²) in [5.41, 5.74) is 3.58. The molecule has 0 amide bonds. The number of hydrogen-bond donors (Lipinski definition) is 0. The summed E-state index contributed by atoms with van der Waals surface area (Å²) in [6.45, 7) is 3.70. The molecule has 0 radical (unpaired) electrons. The van der Waals surface area contributed by atoms with Gasteiger partial charge in [0.15, 0.2) is 0 Å². The number of carbonyl (C=O) groups is 1. The lowest BCUT2D eigenvalue weighted by Crippen LogP contribution is -2.14. The van der Waals surface area contributed by atoms with Crippen molar-refractivity contribution in [1.82, 2.24) is 9.78 Å². The van der Waals surface area contributed by atoms with Gasteiger partial charge in [0, 0.05) is 0 Å². The van der Waals surface area contributed by atoms with Crippen LogP contribution in [-0.4, -0.2) is 21.9 Å². The standard InChI is InChI=1S/C21H22N2O2/c1-16(2)25-21(24)19-15-22-23(18-11-7-4-8-12-18)20(19)14-13-17-9-5-3-6-10-17/h3-12,15-16H,13-14H2,1-2H3. The molecule has 1 aromatic heterocycles. The Morgan fingerprint density at radius 3 is 2.28 bits per heavy atom. The number of carbonyl (C=O) groups excluding carboxylic acids is 1. The molecule has 0 aliphatic heterocycles. The van der Waals surface area contributed by atoms with E-state index < -0.39 is 0 Å². The van der Waals surface area contributed by atoms with Crippen LogP contribution in [-0.2, 0) is 17.6 Å². The molecule has 4 nitrogen and oxygen atoms in total. The van der Waals surface area contributed by atoms with Crippen LogP contribution in [0.5, 0.6) is 0 Å². The van der Waals surface area contributed by atoms with E-state index >= 15 is 0 Å². The fourth-order valence-electron chi connectivity index (χ4n) is 2.76. The van der Waals surface area contributed by atoms with Crippen LogP contribution >= 0.6 is 0 Å². The first-order chi connectivity index (χ1) is 12.1. The predicted molar refractivity (Wildman–Crippen MR) is 98.0 cm³/mol. The Kier molecular flexibility index (Phi) is 5.29. The number of aromatic nitrogens is 2. The molecule has 128 valence electrons. The third kappa shape index (κ3) is 4.15. The van der Waals surface area contributed by atoms with E-state index in [4.69, 9.17) is 4.74 Å². The molecule has 3 aromatic rings. The highest BCUT2D eigenvalue weighted by molar-refractivity contribution is 5.90. The number of esters is 1. The van der Waals surface area contributed by atoms with Crippen LogP contribution < -0.4 is 0 Å². The van der Waals surface area contributed by atoms with Gasteiger partial charge in [-0.15, -0.1) is 0 Å². The van der Waals surface area contributed by atoms with Gasteiger partial charge in [-0.1, -0.05) is 48.5 Å². The Morgan fingerprint density at radius 1 is 1.00 bits per heavy atom. The summed E-state index contributed by atoms with van der Waals surface area (Å²) in [5.74, 6) is -0.319. The average molecular weight is 334 g/mol. The van der Waals surface area contributed by atoms with Crippen molar-refractivity contribution in [2.75, 3.05) is 0 Å². The molecule has 0 atom stereocenters. The van der Waals surface area contributed by atoms with Crippen LogP contribution in [0.25, 0.3) is 5.69 Å². The number of para-hydroxylation sites is 1. The zero-order chi connectivity index (χ0) is 17.6. The molecule has 0 aliphatic rings. The summed E-state index contributed by atoms with van der Waals surface area (Å²) < 4.78 is 7.22. The summed E-state index contributed by atoms with van der Waals surface area (Å²) >= 11 is 0. The molecule has 0 unspecified atom stereocenters. The first kappa shape index (κ1) is 17.0. The van der Waals surface area contributed by atoms with Crippen LogP contribution in [0.2, 0.25) is 0 Å². The number of rotatable bonds is 6. The van der Waals surface area contributed by atoms with Gasteiger partial charge in [0.25, 0.3) is 0 Å². The Balaban J connectivity index is 1.93. The molecule has 2 aromatic carbocycles. The maximum Gasteiger partial charge on any atom is 0.341 e. The van der Waals surface area contributed by atoms with Crippen molar-refractivity contribution >= 4 is 5.97 Å². The van der Waals surface area contributed by atoms with E-state index in [-0.39, 0.29) is 12.1 Å². The molecule has 0 N–H and O–H groups in total. The number of ether oxygens (including phenoxy) is 1. The van der Waals surface area contributed by atoms with Crippen LogP contribution in [0.1, 0.15) is 35.5 Å². The SMILES string of the molecule is CC(C)OC(=O)c1cnn(-c2ccccc2)c1CCc1ccccc1. The summed E-state index contributed by atoms with van der Waals surface area (Å²) in [6.07, 6.45) is 3.00. The highest BCUT2D eigenvalue weighted by Crippen LogP contribution is 2.19. The normalized spacial score (nSPS) is 10.8. The Morgan fingerprint density at radius 2 is 1.64 bits per heavy atom. The third-order valence-electron chi connectivity index (χ3n) is 3.93. The fourth-order valence-corrected chi connectivity index (χ4v) is 2.76. The van der Waals surface area contributed by atoms with E-state index in [1.807, 2.05) is 67.1 Å². The second-order valence-electron chi connectivity index (χ2n) is 6.19. The largest absolute Gasteiger partial charge is 0.459 e. The second kappa shape index (κ2) is 7.79. The van der Waals surface area contributed by atoms with Gasteiger partial charge in [-0.2, -0.15) is 5.10 Å². The minimum Gasteiger partial charge on any atom is -0.459 e. The molecule has 0 fully saturated rings. The lowest BCUT2D eigenvalue weighted by atomic mass is 10.1. The van der Waals surface area contributed by atoms with Crippen LogP contribution in [0, 0.1) is 0 Å². The van der Waals surface area contributed by atoms with Gasteiger partial charge >= 0.3 is 5.97 Å². The van der Waals surface area contributed by atoms with Crippen molar-refractivity contribution in [3.8, 4) is 5.69 Å². The topological polar surface area (TPSA) is 44.1 Å². The van der Waals surface area contributed by atoms with Crippen LogP contribution in [0.4, 0.5) is 0 Å². The monoisotopic (exact) mass is 334 g/mol. The molecular formula is C21H22N2O2.